The second-order valence-corrected chi connectivity index (χ2v) is 5.64. The molecule has 1 atom stereocenters. The Morgan fingerprint density at radius 3 is 3.05 bits per heavy atom. The number of carbonyl (C=O) groups excluding carboxylic acids is 1. The summed E-state index contributed by atoms with van der Waals surface area (Å²) in [4.78, 5) is 16.1. The highest BCUT2D eigenvalue weighted by molar-refractivity contribution is 5.76. The minimum atomic E-state index is 0.138. The van der Waals surface area contributed by atoms with E-state index in [1.54, 1.807) is 0 Å². The van der Waals surface area contributed by atoms with Gasteiger partial charge >= 0.3 is 0 Å². The van der Waals surface area contributed by atoms with Crippen LogP contribution in [-0.2, 0) is 9.53 Å². The van der Waals surface area contributed by atoms with Crippen molar-refractivity contribution in [3.63, 3.8) is 0 Å². The molecule has 0 aliphatic carbocycles. The van der Waals surface area contributed by atoms with Crippen LogP contribution in [0.1, 0.15) is 31.2 Å². The third-order valence-electron chi connectivity index (χ3n) is 3.62. The number of aromatic nitrogens is 1. The van der Waals surface area contributed by atoms with Crippen molar-refractivity contribution in [2.24, 2.45) is 5.92 Å². The van der Waals surface area contributed by atoms with E-state index in [2.05, 4.69) is 15.6 Å². The summed E-state index contributed by atoms with van der Waals surface area (Å²) in [6.45, 7) is 5.10. The molecule has 2 rings (SSSR count). The van der Waals surface area contributed by atoms with Gasteiger partial charge in [-0.3, -0.25) is 4.79 Å². The van der Waals surface area contributed by atoms with E-state index < -0.39 is 0 Å². The lowest BCUT2D eigenvalue weighted by Gasteiger charge is -2.21. The van der Waals surface area contributed by atoms with Crippen LogP contribution < -0.4 is 10.6 Å². The topological polar surface area (TPSA) is 63.2 Å². The average Bonchev–Trinajstić information content (AvgIpc) is 2.50. The van der Waals surface area contributed by atoms with Gasteiger partial charge in [-0.2, -0.15) is 0 Å². The van der Waals surface area contributed by atoms with E-state index in [4.69, 9.17) is 4.74 Å². The second kappa shape index (κ2) is 8.62. The number of rotatable bonds is 7. The van der Waals surface area contributed by atoms with E-state index in [1.165, 1.54) is 0 Å². The maximum atomic E-state index is 11.8. The molecule has 5 heteroatoms. The van der Waals surface area contributed by atoms with Crippen molar-refractivity contribution in [1.29, 1.82) is 0 Å². The molecule has 1 amide bonds. The van der Waals surface area contributed by atoms with E-state index in [1.807, 2.05) is 25.3 Å². The molecule has 1 saturated heterocycles. The smallest absolute Gasteiger partial charge is 0.220 e. The van der Waals surface area contributed by atoms with Crippen molar-refractivity contribution < 1.29 is 9.53 Å². The van der Waals surface area contributed by atoms with Gasteiger partial charge in [0.2, 0.25) is 5.91 Å². The molecule has 2 heterocycles. The normalized spacial score (nSPS) is 18.2. The Labute approximate surface area is 126 Å². The summed E-state index contributed by atoms with van der Waals surface area (Å²) in [5, 5.41) is 6.22. The number of hydrogen-bond acceptors (Lipinski definition) is 4. The van der Waals surface area contributed by atoms with Crippen molar-refractivity contribution in [3.8, 4) is 0 Å². The van der Waals surface area contributed by atoms with Crippen molar-refractivity contribution in [2.75, 3.05) is 31.6 Å². The van der Waals surface area contributed by atoms with Crippen molar-refractivity contribution in [2.45, 2.75) is 32.6 Å². The molecule has 1 aromatic rings. The third kappa shape index (κ3) is 6.12. The molecule has 116 valence electrons. The van der Waals surface area contributed by atoms with Crippen molar-refractivity contribution in [3.05, 3.63) is 23.9 Å². The van der Waals surface area contributed by atoms with Crippen molar-refractivity contribution in [1.82, 2.24) is 10.3 Å². The fraction of sp³-hybridized carbons (Fsp3) is 0.625. The quantitative estimate of drug-likeness (QED) is 0.755. The van der Waals surface area contributed by atoms with Crippen LogP contribution in [0.5, 0.6) is 0 Å². The highest BCUT2D eigenvalue weighted by Crippen LogP contribution is 2.16. The van der Waals surface area contributed by atoms with Crippen LogP contribution in [0.3, 0.4) is 0 Å². The first-order valence-corrected chi connectivity index (χ1v) is 7.75. The molecular weight excluding hydrogens is 266 g/mol. The number of pyridine rings is 1. The Balaban J connectivity index is 1.52. The summed E-state index contributed by atoms with van der Waals surface area (Å²) in [5.41, 5.74) is 1.15. The zero-order valence-electron chi connectivity index (χ0n) is 12.7. The zero-order valence-corrected chi connectivity index (χ0v) is 12.7. The molecule has 0 unspecified atom stereocenters. The first-order chi connectivity index (χ1) is 10.2. The number of hydrogen-bond donors (Lipinski definition) is 2. The molecular formula is C16H25N3O2. The Kier molecular flexibility index (Phi) is 6.47. The average molecular weight is 291 g/mol. The van der Waals surface area contributed by atoms with E-state index in [0.29, 0.717) is 18.9 Å². The number of carbonyl (C=O) groups is 1. The van der Waals surface area contributed by atoms with E-state index >= 15 is 0 Å². The summed E-state index contributed by atoms with van der Waals surface area (Å²) in [6.07, 6.45) is 5.51. The van der Waals surface area contributed by atoms with E-state index in [0.717, 1.165) is 50.4 Å². The van der Waals surface area contributed by atoms with Gasteiger partial charge in [0, 0.05) is 38.9 Å². The third-order valence-corrected chi connectivity index (χ3v) is 3.62. The molecule has 0 spiro atoms. The highest BCUT2D eigenvalue weighted by Gasteiger charge is 2.16. The second-order valence-electron chi connectivity index (χ2n) is 5.64. The Morgan fingerprint density at radius 2 is 2.33 bits per heavy atom. The molecule has 2 N–H and O–H groups in total. The predicted octanol–water partition coefficient (Wildman–Crippen LogP) is 2.12. The highest BCUT2D eigenvalue weighted by atomic mass is 16.5. The molecule has 5 nitrogen and oxygen atoms in total. The number of aryl methyl sites for hydroxylation is 1. The summed E-state index contributed by atoms with van der Waals surface area (Å²) in [6, 6.07) is 4.00. The molecule has 1 aromatic heterocycles. The van der Waals surface area contributed by atoms with Gasteiger partial charge in [-0.15, -0.1) is 0 Å². The van der Waals surface area contributed by atoms with Gasteiger partial charge in [0.05, 0.1) is 0 Å². The first-order valence-electron chi connectivity index (χ1n) is 7.75. The van der Waals surface area contributed by atoms with Gasteiger partial charge in [0.15, 0.2) is 0 Å². The summed E-state index contributed by atoms with van der Waals surface area (Å²) in [5.74, 6) is 1.42. The monoisotopic (exact) mass is 291 g/mol. The van der Waals surface area contributed by atoms with Crippen LogP contribution in [0.15, 0.2) is 18.3 Å². The van der Waals surface area contributed by atoms with Gasteiger partial charge < -0.3 is 15.4 Å². The lowest BCUT2D eigenvalue weighted by molar-refractivity contribution is -0.123. The van der Waals surface area contributed by atoms with Crippen LogP contribution in [0.2, 0.25) is 0 Å². The number of ether oxygens (including phenoxy) is 1. The fourth-order valence-corrected chi connectivity index (χ4v) is 2.41. The molecule has 1 aliphatic rings. The number of nitrogens with one attached hydrogen (secondary N) is 2. The Morgan fingerprint density at radius 1 is 1.43 bits per heavy atom. The van der Waals surface area contributed by atoms with Crippen molar-refractivity contribution >= 4 is 11.7 Å². The SMILES string of the molecule is Cc1ccc(NCCCNC(=O)C[C@@H]2CCCOC2)nc1. The van der Waals surface area contributed by atoms with Crippen LogP contribution in [0.4, 0.5) is 5.82 Å². The molecule has 21 heavy (non-hydrogen) atoms. The van der Waals surface area contributed by atoms with Crippen LogP contribution in [-0.4, -0.2) is 37.2 Å². The molecule has 0 bridgehead atoms. The standard InChI is InChI=1S/C16H25N3O2/c1-13-5-6-15(19-11-13)17-7-3-8-18-16(20)10-14-4-2-9-21-12-14/h5-6,11,14H,2-4,7-10,12H2,1H3,(H,17,19)(H,18,20)/t14-/m0/s1. The van der Waals surface area contributed by atoms with Crippen LogP contribution >= 0.6 is 0 Å². The summed E-state index contributed by atoms with van der Waals surface area (Å²) >= 11 is 0. The van der Waals surface area contributed by atoms with Gasteiger partial charge in [-0.05, 0) is 43.7 Å². The molecule has 0 radical (unpaired) electrons. The van der Waals surface area contributed by atoms with Gasteiger partial charge in [-0.25, -0.2) is 4.98 Å². The minimum Gasteiger partial charge on any atom is -0.381 e. The molecule has 1 aliphatic heterocycles. The maximum Gasteiger partial charge on any atom is 0.220 e. The number of amides is 1. The molecule has 1 fully saturated rings. The first kappa shape index (κ1) is 15.8. The van der Waals surface area contributed by atoms with E-state index in [9.17, 15) is 4.79 Å². The molecule has 0 saturated carbocycles. The zero-order chi connectivity index (χ0) is 14.9. The summed E-state index contributed by atoms with van der Waals surface area (Å²) in [7, 11) is 0. The lowest BCUT2D eigenvalue weighted by atomic mass is 9.98. The van der Waals surface area contributed by atoms with Gasteiger partial charge in [-0.1, -0.05) is 6.07 Å². The number of nitrogens with zero attached hydrogens (tertiary/aromatic N) is 1. The maximum absolute atomic E-state index is 11.8. The van der Waals surface area contributed by atoms with Gasteiger partial charge in [0.1, 0.15) is 5.82 Å². The summed E-state index contributed by atoms with van der Waals surface area (Å²) < 4.78 is 5.39. The van der Waals surface area contributed by atoms with E-state index in [-0.39, 0.29) is 5.91 Å². The van der Waals surface area contributed by atoms with Crippen LogP contribution in [0, 0.1) is 12.8 Å². The Bertz CT molecular complexity index is 428. The fourth-order valence-electron chi connectivity index (χ4n) is 2.41. The van der Waals surface area contributed by atoms with Gasteiger partial charge in [0.25, 0.3) is 0 Å². The lowest BCUT2D eigenvalue weighted by Crippen LogP contribution is -2.30. The predicted molar refractivity (Wildman–Crippen MR) is 83.3 cm³/mol. The molecule has 0 aromatic carbocycles. The minimum absolute atomic E-state index is 0.138. The Hall–Kier alpha value is -1.62. The van der Waals surface area contributed by atoms with Crippen LogP contribution in [0.25, 0.3) is 0 Å². The number of anilines is 1. The largest absolute Gasteiger partial charge is 0.381 e.